The SMILES string of the molecule is CCOC(=O)c1[nH]c2ccc(OCC)cc2c1NC(=O)CN1C[C@@]2(C)C[C@@H]1CC(C)(C)C2. The van der Waals surface area contributed by atoms with Gasteiger partial charge in [0.25, 0.3) is 0 Å². The van der Waals surface area contributed by atoms with E-state index in [4.69, 9.17) is 9.47 Å². The standard InChI is InChI=1S/C25H35N3O4/c1-6-31-17-8-9-19-18(10-17)21(22(26-19)23(30)32-7-2)27-20(29)13-28-15-25(5)12-16(28)11-24(3,4)14-25/h8-10,16,26H,6-7,11-15H2,1-5H3,(H,27,29)/t16-,25-/m0/s1. The Hall–Kier alpha value is -2.54. The fourth-order valence-electron chi connectivity index (χ4n) is 6.04. The van der Waals surface area contributed by atoms with Gasteiger partial charge in [0.1, 0.15) is 11.4 Å². The summed E-state index contributed by atoms with van der Waals surface area (Å²) in [6.07, 6.45) is 3.43. The number of carbonyl (C=O) groups excluding carboxylic acids is 2. The molecular formula is C25H35N3O4. The molecule has 2 aliphatic rings. The molecule has 2 fully saturated rings. The van der Waals surface area contributed by atoms with E-state index in [0.717, 1.165) is 30.3 Å². The van der Waals surface area contributed by atoms with Crippen molar-refractivity contribution in [1.82, 2.24) is 9.88 Å². The first-order valence-electron chi connectivity index (χ1n) is 11.6. The Morgan fingerprint density at radius 1 is 1.19 bits per heavy atom. The van der Waals surface area contributed by atoms with E-state index < -0.39 is 5.97 Å². The molecule has 7 heteroatoms. The molecule has 0 unspecified atom stereocenters. The lowest BCUT2D eigenvalue weighted by Crippen LogP contribution is -2.38. The number of benzene rings is 1. The Kier molecular flexibility index (Phi) is 5.96. The molecule has 1 saturated heterocycles. The van der Waals surface area contributed by atoms with Crippen LogP contribution in [0, 0.1) is 10.8 Å². The van der Waals surface area contributed by atoms with Crippen LogP contribution in [0.25, 0.3) is 10.9 Å². The number of likely N-dealkylation sites (tertiary alicyclic amines) is 1. The first-order valence-corrected chi connectivity index (χ1v) is 11.6. The van der Waals surface area contributed by atoms with Gasteiger partial charge in [-0.25, -0.2) is 4.79 Å². The highest BCUT2D eigenvalue weighted by Crippen LogP contribution is 2.52. The second-order valence-electron chi connectivity index (χ2n) is 10.4. The highest BCUT2D eigenvalue weighted by atomic mass is 16.5. The van der Waals surface area contributed by atoms with E-state index in [2.05, 4.69) is 36.0 Å². The summed E-state index contributed by atoms with van der Waals surface area (Å²) < 4.78 is 10.8. The smallest absolute Gasteiger partial charge is 0.356 e. The number of hydrogen-bond acceptors (Lipinski definition) is 5. The maximum atomic E-state index is 13.2. The topological polar surface area (TPSA) is 83.7 Å². The summed E-state index contributed by atoms with van der Waals surface area (Å²) in [5, 5.41) is 3.75. The van der Waals surface area contributed by atoms with Gasteiger partial charge in [-0.1, -0.05) is 20.8 Å². The Labute approximate surface area is 189 Å². The molecule has 1 aliphatic heterocycles. The van der Waals surface area contributed by atoms with Crippen LogP contribution in [-0.2, 0) is 9.53 Å². The number of anilines is 1. The number of amides is 1. The van der Waals surface area contributed by atoms with Gasteiger partial charge in [-0.15, -0.1) is 0 Å². The molecule has 0 radical (unpaired) electrons. The molecule has 2 aromatic rings. The Morgan fingerprint density at radius 2 is 1.97 bits per heavy atom. The van der Waals surface area contributed by atoms with Crippen molar-refractivity contribution in [3.8, 4) is 5.75 Å². The summed E-state index contributed by atoms with van der Waals surface area (Å²) >= 11 is 0. The maximum absolute atomic E-state index is 13.2. The second-order valence-corrected chi connectivity index (χ2v) is 10.4. The first-order chi connectivity index (χ1) is 15.1. The predicted molar refractivity (Wildman–Crippen MR) is 125 cm³/mol. The van der Waals surface area contributed by atoms with Crippen LogP contribution in [0.3, 0.4) is 0 Å². The summed E-state index contributed by atoms with van der Waals surface area (Å²) in [5.74, 6) is 0.0869. The van der Waals surface area contributed by atoms with Crippen LogP contribution in [0.2, 0.25) is 0 Å². The predicted octanol–water partition coefficient (Wildman–Crippen LogP) is 4.58. The van der Waals surface area contributed by atoms with Crippen molar-refractivity contribution in [2.24, 2.45) is 10.8 Å². The van der Waals surface area contributed by atoms with Crippen molar-refractivity contribution < 1.29 is 19.1 Å². The molecule has 1 aliphatic carbocycles. The summed E-state index contributed by atoms with van der Waals surface area (Å²) in [5.41, 5.74) is 2.02. The van der Waals surface area contributed by atoms with Crippen molar-refractivity contribution in [3.05, 3.63) is 23.9 Å². The first kappa shape index (κ1) is 22.6. The largest absolute Gasteiger partial charge is 0.494 e. The number of hydrogen-bond donors (Lipinski definition) is 2. The highest BCUT2D eigenvalue weighted by Gasteiger charge is 2.49. The number of H-pyrrole nitrogens is 1. The lowest BCUT2D eigenvalue weighted by Gasteiger charge is -2.39. The Bertz CT molecular complexity index is 1030. The number of esters is 1. The van der Waals surface area contributed by atoms with E-state index in [-0.39, 0.29) is 23.6 Å². The van der Waals surface area contributed by atoms with Crippen LogP contribution in [0.5, 0.6) is 5.75 Å². The Balaban J connectivity index is 1.58. The number of ether oxygens (including phenoxy) is 2. The van der Waals surface area contributed by atoms with Crippen LogP contribution in [-0.4, -0.2) is 54.1 Å². The highest BCUT2D eigenvalue weighted by molar-refractivity contribution is 6.11. The van der Waals surface area contributed by atoms with Gasteiger partial charge in [0.05, 0.1) is 25.4 Å². The van der Waals surface area contributed by atoms with Gasteiger partial charge in [-0.05, 0) is 62.1 Å². The van der Waals surface area contributed by atoms with Crippen LogP contribution in [0.4, 0.5) is 5.69 Å². The van der Waals surface area contributed by atoms with E-state index in [0.29, 0.717) is 36.0 Å². The van der Waals surface area contributed by atoms with E-state index in [1.165, 1.54) is 6.42 Å². The molecule has 0 spiro atoms. The van der Waals surface area contributed by atoms with E-state index in [9.17, 15) is 9.59 Å². The van der Waals surface area contributed by atoms with Crippen molar-refractivity contribution >= 4 is 28.5 Å². The minimum atomic E-state index is -0.483. The molecule has 1 aromatic carbocycles. The Morgan fingerprint density at radius 3 is 2.69 bits per heavy atom. The van der Waals surface area contributed by atoms with Gasteiger partial charge in [0.15, 0.2) is 0 Å². The van der Waals surface area contributed by atoms with Crippen LogP contribution < -0.4 is 10.1 Å². The summed E-state index contributed by atoms with van der Waals surface area (Å²) in [6, 6.07) is 5.97. The van der Waals surface area contributed by atoms with Gasteiger partial charge in [0, 0.05) is 23.5 Å². The zero-order chi connectivity index (χ0) is 23.1. The molecule has 1 amide bonds. The zero-order valence-electron chi connectivity index (χ0n) is 19.8. The number of rotatable bonds is 7. The summed E-state index contributed by atoms with van der Waals surface area (Å²) in [4.78, 5) is 31.2. The lowest BCUT2D eigenvalue weighted by atomic mass is 9.65. The van der Waals surface area contributed by atoms with Gasteiger partial charge in [-0.3, -0.25) is 9.69 Å². The molecule has 4 rings (SSSR count). The van der Waals surface area contributed by atoms with E-state index >= 15 is 0 Å². The van der Waals surface area contributed by atoms with E-state index in [1.54, 1.807) is 6.92 Å². The number of aromatic amines is 1. The molecular weight excluding hydrogens is 406 g/mol. The van der Waals surface area contributed by atoms with Crippen molar-refractivity contribution in [2.75, 3.05) is 31.6 Å². The van der Waals surface area contributed by atoms with Gasteiger partial charge in [-0.2, -0.15) is 0 Å². The fourth-order valence-corrected chi connectivity index (χ4v) is 6.04. The third-order valence-electron chi connectivity index (χ3n) is 6.69. The number of nitrogens with zero attached hydrogens (tertiary/aromatic N) is 1. The quantitative estimate of drug-likeness (QED) is 0.615. The third-order valence-corrected chi connectivity index (χ3v) is 6.69. The average Bonchev–Trinajstić information content (AvgIpc) is 3.15. The summed E-state index contributed by atoms with van der Waals surface area (Å²) in [6.45, 7) is 12.7. The summed E-state index contributed by atoms with van der Waals surface area (Å²) in [7, 11) is 0. The van der Waals surface area contributed by atoms with Crippen LogP contribution in [0.1, 0.15) is 64.4 Å². The minimum Gasteiger partial charge on any atom is -0.494 e. The second kappa shape index (κ2) is 8.43. The molecule has 1 aromatic heterocycles. The fraction of sp³-hybridized carbons (Fsp3) is 0.600. The molecule has 2 bridgehead atoms. The van der Waals surface area contributed by atoms with Crippen LogP contribution >= 0.6 is 0 Å². The molecule has 2 heterocycles. The zero-order valence-corrected chi connectivity index (χ0v) is 19.8. The number of carbonyl (C=O) groups is 2. The van der Waals surface area contributed by atoms with Gasteiger partial charge >= 0.3 is 5.97 Å². The van der Waals surface area contributed by atoms with Gasteiger partial charge in [0.2, 0.25) is 5.91 Å². The average molecular weight is 442 g/mol. The maximum Gasteiger partial charge on any atom is 0.356 e. The van der Waals surface area contributed by atoms with E-state index in [1.807, 2.05) is 25.1 Å². The van der Waals surface area contributed by atoms with Crippen molar-refractivity contribution in [3.63, 3.8) is 0 Å². The van der Waals surface area contributed by atoms with Crippen LogP contribution in [0.15, 0.2) is 18.2 Å². The molecule has 2 atom stereocenters. The molecule has 1 saturated carbocycles. The van der Waals surface area contributed by atoms with Crippen molar-refractivity contribution in [2.45, 2.75) is 59.9 Å². The molecule has 7 nitrogen and oxygen atoms in total. The molecule has 2 N–H and O–H groups in total. The number of nitrogens with one attached hydrogen (secondary N) is 2. The number of fused-ring (bicyclic) bond motifs is 3. The monoisotopic (exact) mass is 441 g/mol. The molecule has 32 heavy (non-hydrogen) atoms. The van der Waals surface area contributed by atoms with Gasteiger partial charge < -0.3 is 19.8 Å². The molecule has 174 valence electrons. The minimum absolute atomic E-state index is 0.118. The lowest BCUT2D eigenvalue weighted by molar-refractivity contribution is -0.117. The number of aromatic nitrogens is 1. The third kappa shape index (κ3) is 4.49. The normalized spacial score (nSPS) is 24.5. The van der Waals surface area contributed by atoms with Crippen molar-refractivity contribution in [1.29, 1.82) is 0 Å².